The first-order valence-electron chi connectivity index (χ1n) is 20.4. The molecule has 4 aliphatic heterocycles. The minimum absolute atomic E-state index is 0.141. The third-order valence-electron chi connectivity index (χ3n) is 12.8. The second-order valence-corrected chi connectivity index (χ2v) is 16.8. The Balaban J connectivity index is 1.44. The number of fused-ring (bicyclic) bond motifs is 2. The number of likely N-dealkylation sites (N-methyl/N-ethyl adjacent to an activating group) is 1. The Kier molecular flexibility index (Phi) is 13.1. The lowest BCUT2D eigenvalue weighted by Crippen LogP contribution is -2.59. The third-order valence-corrected chi connectivity index (χ3v) is 12.8. The van der Waals surface area contributed by atoms with Crippen molar-refractivity contribution in [3.63, 3.8) is 0 Å². The molecule has 2 unspecified atom stereocenters. The van der Waals surface area contributed by atoms with E-state index in [1.165, 1.54) is 0 Å². The van der Waals surface area contributed by atoms with Gasteiger partial charge in [-0.15, -0.1) is 0 Å². The fourth-order valence-electron chi connectivity index (χ4n) is 9.87. The van der Waals surface area contributed by atoms with Crippen molar-refractivity contribution in [1.82, 2.24) is 14.8 Å². The Labute approximate surface area is 336 Å². The molecule has 1 amide bonds. The molecule has 57 heavy (non-hydrogen) atoms. The van der Waals surface area contributed by atoms with Crippen molar-refractivity contribution >= 4 is 34.5 Å². The number of hydrogen-bond donors (Lipinski definition) is 1. The summed E-state index contributed by atoms with van der Waals surface area (Å²) in [6.07, 6.45) is -2.64. The standard InChI is InChI=1S/C44H60N4O9/c1-11-34-44(7)40-26(4)35(45-19-20-48(40)43(52)57-44)25(3)38(53-10)28(6)39(56-42-37(50)33(47(8)9)21-24(2)54-42)27(5)36(49)31(41(51)55-34)17-14-15-29-22-30-16-12-13-18-32(30)46-23-29/h12-13,16,18,22-28,31,33-34,37-40,42,50H,11,17,19-21H2,1-10H3/t24-,25+,26-,27+,28-,31?,33+,34+,37-,38-,39-,40?,42+,44-/m1/s1. The second kappa shape index (κ2) is 17.5. The second-order valence-electron chi connectivity index (χ2n) is 16.8. The summed E-state index contributed by atoms with van der Waals surface area (Å²) in [4.78, 5) is 56.3. The smallest absolute Gasteiger partial charge is 0.410 e. The molecule has 3 fully saturated rings. The summed E-state index contributed by atoms with van der Waals surface area (Å²) in [5.74, 6) is 1.72. The zero-order valence-electron chi connectivity index (χ0n) is 35.0. The zero-order chi connectivity index (χ0) is 41.3. The molecule has 14 atom stereocenters. The number of rotatable bonds is 6. The number of carbonyl (C=O) groups excluding carboxylic acids is 3. The Morgan fingerprint density at radius 3 is 2.49 bits per heavy atom. The van der Waals surface area contributed by atoms with Gasteiger partial charge in [0.25, 0.3) is 0 Å². The van der Waals surface area contributed by atoms with E-state index in [0.717, 1.165) is 16.6 Å². The van der Waals surface area contributed by atoms with E-state index in [1.54, 1.807) is 25.1 Å². The van der Waals surface area contributed by atoms with Gasteiger partial charge in [0, 0.05) is 72.6 Å². The molecule has 310 valence electrons. The Morgan fingerprint density at radius 2 is 1.79 bits per heavy atom. The van der Waals surface area contributed by atoms with Gasteiger partial charge < -0.3 is 33.7 Å². The Morgan fingerprint density at radius 1 is 1.05 bits per heavy atom. The van der Waals surface area contributed by atoms with E-state index in [4.69, 9.17) is 28.7 Å². The normalized spacial score (nSPS) is 37.8. The summed E-state index contributed by atoms with van der Waals surface area (Å²) in [6.45, 7) is 14.1. The fourth-order valence-corrected chi connectivity index (χ4v) is 9.87. The number of cyclic esters (lactones) is 1. The van der Waals surface area contributed by atoms with E-state index in [-0.39, 0.29) is 30.4 Å². The van der Waals surface area contributed by atoms with E-state index in [0.29, 0.717) is 31.5 Å². The largest absolute Gasteiger partial charge is 0.457 e. The number of ether oxygens (including phenoxy) is 5. The number of aliphatic hydroxyl groups excluding tert-OH is 1. The first-order chi connectivity index (χ1) is 27.1. The molecule has 3 saturated heterocycles. The predicted molar refractivity (Wildman–Crippen MR) is 214 cm³/mol. The highest BCUT2D eigenvalue weighted by Gasteiger charge is 2.60. The van der Waals surface area contributed by atoms with Crippen molar-refractivity contribution < 1.29 is 43.2 Å². The molecular formula is C44H60N4O9. The number of ketones is 1. The highest BCUT2D eigenvalue weighted by molar-refractivity contribution is 6.01. The molecule has 4 aliphatic rings. The number of carbonyl (C=O) groups is 3. The third kappa shape index (κ3) is 8.35. The monoisotopic (exact) mass is 788 g/mol. The maximum atomic E-state index is 15.0. The van der Waals surface area contributed by atoms with Crippen molar-refractivity contribution in [3.8, 4) is 11.8 Å². The van der Waals surface area contributed by atoms with Crippen LogP contribution in [0.25, 0.3) is 10.9 Å². The van der Waals surface area contributed by atoms with Crippen molar-refractivity contribution in [1.29, 1.82) is 0 Å². The van der Waals surface area contributed by atoms with Gasteiger partial charge in [-0.2, -0.15) is 0 Å². The minimum atomic E-state index is -1.32. The number of amides is 1. The van der Waals surface area contributed by atoms with Crippen LogP contribution in [-0.4, -0.2) is 132 Å². The average molecular weight is 789 g/mol. The van der Waals surface area contributed by atoms with Crippen LogP contribution in [0.5, 0.6) is 0 Å². The lowest BCUT2D eigenvalue weighted by molar-refractivity contribution is -0.281. The summed E-state index contributed by atoms with van der Waals surface area (Å²) in [6, 6.07) is 8.86. The fraction of sp³-hybridized carbons (Fsp3) is 0.659. The van der Waals surface area contributed by atoms with Crippen LogP contribution in [0.4, 0.5) is 4.79 Å². The van der Waals surface area contributed by atoms with Crippen molar-refractivity contribution in [2.75, 3.05) is 34.3 Å². The molecule has 6 rings (SSSR count). The summed E-state index contributed by atoms with van der Waals surface area (Å²) < 4.78 is 31.8. The summed E-state index contributed by atoms with van der Waals surface area (Å²) in [5, 5.41) is 12.5. The predicted octanol–water partition coefficient (Wildman–Crippen LogP) is 4.90. The maximum Gasteiger partial charge on any atom is 0.410 e. The highest BCUT2D eigenvalue weighted by Crippen LogP contribution is 2.43. The SMILES string of the molecule is CC[C@@H]1OC(=O)C(CC#Cc2cnc3ccccc3c2)C(=O)[C@H](C)[C@@H](O[C@@H]2O[C@H](C)C[C@H](N(C)C)[C@H]2O)[C@H](C)[C@H](OC)[C@@H](C)C2=NCCN3C(=O)O[C@@]1(C)C3[C@@H]2C. The average Bonchev–Trinajstić information content (AvgIpc) is 3.31. The number of nitrogens with zero attached hydrogens (tertiary/aromatic N) is 4. The molecule has 13 nitrogen and oxygen atoms in total. The molecule has 0 spiro atoms. The first kappa shape index (κ1) is 42.7. The molecule has 1 aromatic heterocycles. The van der Waals surface area contributed by atoms with Crippen LogP contribution in [0.2, 0.25) is 0 Å². The number of aliphatic imine (C=N–C) groups is 1. The molecule has 1 N–H and O–H groups in total. The number of pyridine rings is 1. The summed E-state index contributed by atoms with van der Waals surface area (Å²) >= 11 is 0. The van der Waals surface area contributed by atoms with Gasteiger partial charge in [0.15, 0.2) is 17.7 Å². The van der Waals surface area contributed by atoms with Gasteiger partial charge in [-0.3, -0.25) is 24.5 Å². The summed E-state index contributed by atoms with van der Waals surface area (Å²) in [7, 11) is 5.44. The van der Waals surface area contributed by atoms with Crippen LogP contribution in [-0.2, 0) is 33.3 Å². The van der Waals surface area contributed by atoms with Crippen molar-refractivity contribution in [2.45, 2.75) is 122 Å². The van der Waals surface area contributed by atoms with Crippen LogP contribution in [0.1, 0.15) is 73.3 Å². The molecule has 13 heteroatoms. The number of hydrogen-bond acceptors (Lipinski definition) is 12. The number of aromatic nitrogens is 1. The topological polar surface area (TPSA) is 149 Å². The van der Waals surface area contributed by atoms with E-state index in [2.05, 4.69) is 16.8 Å². The molecule has 2 aromatic rings. The van der Waals surface area contributed by atoms with Crippen LogP contribution in [0, 0.1) is 41.4 Å². The van der Waals surface area contributed by atoms with Gasteiger partial charge in [-0.05, 0) is 52.9 Å². The van der Waals surface area contributed by atoms with Crippen LogP contribution in [0.15, 0.2) is 41.5 Å². The van der Waals surface area contributed by atoms with Gasteiger partial charge in [0.1, 0.15) is 18.1 Å². The van der Waals surface area contributed by atoms with Gasteiger partial charge in [0.2, 0.25) is 0 Å². The first-order valence-corrected chi connectivity index (χ1v) is 20.4. The van der Waals surface area contributed by atoms with Gasteiger partial charge in [0.05, 0.1) is 36.4 Å². The summed E-state index contributed by atoms with van der Waals surface area (Å²) in [5.41, 5.74) is 1.06. The van der Waals surface area contributed by atoms with E-state index < -0.39 is 77.9 Å². The van der Waals surface area contributed by atoms with Crippen LogP contribution in [0.3, 0.4) is 0 Å². The molecule has 0 saturated carbocycles. The Hall–Kier alpha value is -3.93. The van der Waals surface area contributed by atoms with Gasteiger partial charge in [-0.1, -0.05) is 64.7 Å². The molecule has 5 heterocycles. The van der Waals surface area contributed by atoms with Crippen molar-refractivity contribution in [3.05, 3.63) is 42.1 Å². The number of aliphatic hydroxyl groups is 1. The maximum absolute atomic E-state index is 15.0. The number of methoxy groups -OCH3 is 1. The lowest BCUT2D eigenvalue weighted by Gasteiger charge is -2.45. The Bertz CT molecular complexity index is 1890. The van der Waals surface area contributed by atoms with E-state index >= 15 is 0 Å². The number of Topliss-reactive ketones (excluding diaryl/α,β-unsaturated/α-hetero) is 1. The lowest BCUT2D eigenvalue weighted by atomic mass is 9.73. The zero-order valence-corrected chi connectivity index (χ0v) is 35.0. The number of esters is 1. The molecule has 1 aromatic carbocycles. The van der Waals surface area contributed by atoms with Crippen LogP contribution >= 0.6 is 0 Å². The van der Waals surface area contributed by atoms with E-state index in [1.807, 2.05) is 90.9 Å². The van der Waals surface area contributed by atoms with Crippen molar-refractivity contribution in [2.24, 2.45) is 34.6 Å². The molecule has 0 aliphatic carbocycles. The van der Waals surface area contributed by atoms with Gasteiger partial charge in [-0.25, -0.2) is 4.79 Å². The highest BCUT2D eigenvalue weighted by atomic mass is 16.7. The number of para-hydroxylation sites is 1. The van der Waals surface area contributed by atoms with Gasteiger partial charge >= 0.3 is 12.1 Å². The number of benzene rings is 1. The van der Waals surface area contributed by atoms with Crippen LogP contribution < -0.4 is 0 Å². The quantitative estimate of drug-likeness (QED) is 0.242. The van der Waals surface area contributed by atoms with E-state index in [9.17, 15) is 19.5 Å². The molecular weight excluding hydrogens is 729 g/mol. The molecule has 2 bridgehead atoms. The minimum Gasteiger partial charge on any atom is -0.457 e. The molecule has 0 radical (unpaired) electrons.